The molecule has 4 nitrogen and oxygen atoms in total. The van der Waals surface area contributed by atoms with E-state index in [0.29, 0.717) is 17.6 Å². The van der Waals surface area contributed by atoms with Crippen LogP contribution in [0.1, 0.15) is 25.3 Å². The molecule has 0 spiro atoms. The zero-order chi connectivity index (χ0) is 25.1. The van der Waals surface area contributed by atoms with Crippen LogP contribution in [0, 0.1) is 0 Å². The first-order chi connectivity index (χ1) is 17.5. The molecule has 0 saturated carbocycles. The molecule has 0 fully saturated rings. The van der Waals surface area contributed by atoms with E-state index in [1.807, 2.05) is 41.1 Å². The predicted octanol–water partition coefficient (Wildman–Crippen LogP) is 8.65. The van der Waals surface area contributed by atoms with Crippen LogP contribution in [0.5, 0.6) is 0 Å². The number of para-hydroxylation sites is 1. The molecule has 36 heavy (non-hydrogen) atoms. The summed E-state index contributed by atoms with van der Waals surface area (Å²) in [5.41, 5.74) is 4.13. The Hall–Kier alpha value is -2.77. The molecule has 5 rings (SSSR count). The number of nitrogens with zero attached hydrogens (tertiary/aromatic N) is 3. The second kappa shape index (κ2) is 11.1. The predicted molar refractivity (Wildman–Crippen MR) is 152 cm³/mol. The summed E-state index contributed by atoms with van der Waals surface area (Å²) < 4.78 is 7.59. The largest absolute Gasteiger partial charge is 0.468 e. The minimum absolute atomic E-state index is 0.334. The molecule has 5 aromatic rings. The molecule has 0 unspecified atom stereocenters. The van der Waals surface area contributed by atoms with Gasteiger partial charge in [-0.2, -0.15) is 5.10 Å². The van der Waals surface area contributed by atoms with E-state index in [2.05, 4.69) is 67.5 Å². The molecule has 0 aliphatic rings. The number of rotatable bonds is 9. The van der Waals surface area contributed by atoms with Gasteiger partial charge in [0.25, 0.3) is 0 Å². The molecule has 7 heteroatoms. The molecular formula is C29H28ClN3OS2. The third kappa shape index (κ3) is 5.47. The highest BCUT2D eigenvalue weighted by atomic mass is 35.5. The van der Waals surface area contributed by atoms with Gasteiger partial charge in [0.15, 0.2) is 0 Å². The number of benzene rings is 2. The summed E-state index contributed by atoms with van der Waals surface area (Å²) >= 11 is 10.2. The van der Waals surface area contributed by atoms with Gasteiger partial charge in [-0.1, -0.05) is 35.9 Å². The smallest absolute Gasteiger partial charge is 0.117 e. The average molecular weight is 534 g/mol. The van der Waals surface area contributed by atoms with Gasteiger partial charge in [0.2, 0.25) is 0 Å². The van der Waals surface area contributed by atoms with Crippen LogP contribution < -0.4 is 0 Å². The van der Waals surface area contributed by atoms with Crippen molar-refractivity contribution in [1.82, 2.24) is 14.7 Å². The van der Waals surface area contributed by atoms with Crippen molar-refractivity contribution in [3.8, 4) is 26.7 Å². The van der Waals surface area contributed by atoms with E-state index >= 15 is 0 Å². The fourth-order valence-corrected chi connectivity index (χ4v) is 5.81. The second-order valence-corrected chi connectivity index (χ2v) is 11.2. The Morgan fingerprint density at radius 2 is 1.81 bits per heavy atom. The topological polar surface area (TPSA) is 34.2 Å². The molecular weight excluding hydrogens is 506 g/mol. The summed E-state index contributed by atoms with van der Waals surface area (Å²) in [5, 5.41) is 5.72. The molecule has 3 aromatic heterocycles. The van der Waals surface area contributed by atoms with Crippen LogP contribution in [0.25, 0.3) is 26.7 Å². The van der Waals surface area contributed by atoms with Crippen LogP contribution in [0.2, 0.25) is 5.02 Å². The lowest BCUT2D eigenvalue weighted by molar-refractivity contribution is 0.185. The maximum atomic E-state index is 6.63. The number of halogens is 1. The van der Waals surface area contributed by atoms with Gasteiger partial charge < -0.3 is 4.42 Å². The standard InChI is InChI=1S/C29H28ClN3OS2/c1-20(2)32(19-23-9-7-15-34-23)18-22-17-27(33(31-22)26-12-5-4-11-25(26)30)29-14-13-28(36-29)21-8-6-10-24(16-21)35-3/h4-17,20H,18-19H2,1-3H3. The number of aromatic nitrogens is 2. The lowest BCUT2D eigenvalue weighted by Crippen LogP contribution is -2.29. The lowest BCUT2D eigenvalue weighted by atomic mass is 10.2. The van der Waals surface area contributed by atoms with E-state index in [1.165, 1.54) is 15.3 Å². The maximum absolute atomic E-state index is 6.63. The molecule has 0 aliphatic carbocycles. The van der Waals surface area contributed by atoms with Crippen molar-refractivity contribution >= 4 is 34.7 Å². The van der Waals surface area contributed by atoms with Crippen LogP contribution in [0.3, 0.4) is 0 Å². The average Bonchev–Trinajstić information content (AvgIpc) is 3.65. The van der Waals surface area contributed by atoms with Crippen LogP contribution in [0.4, 0.5) is 0 Å². The number of hydrogen-bond donors (Lipinski definition) is 0. The van der Waals surface area contributed by atoms with E-state index in [0.717, 1.165) is 34.3 Å². The first kappa shape index (κ1) is 24.9. The van der Waals surface area contributed by atoms with E-state index < -0.39 is 0 Å². The van der Waals surface area contributed by atoms with Gasteiger partial charge in [0, 0.05) is 22.4 Å². The van der Waals surface area contributed by atoms with Crippen molar-refractivity contribution in [3.63, 3.8) is 0 Å². The van der Waals surface area contributed by atoms with E-state index in [9.17, 15) is 0 Å². The van der Waals surface area contributed by atoms with Crippen molar-refractivity contribution < 1.29 is 4.42 Å². The van der Waals surface area contributed by atoms with Gasteiger partial charge in [-0.25, -0.2) is 4.68 Å². The number of thioether (sulfide) groups is 1. The first-order valence-electron chi connectivity index (χ1n) is 11.9. The summed E-state index contributed by atoms with van der Waals surface area (Å²) in [7, 11) is 0. The van der Waals surface area contributed by atoms with Gasteiger partial charge in [-0.05, 0) is 80.3 Å². The van der Waals surface area contributed by atoms with Gasteiger partial charge in [0.1, 0.15) is 5.76 Å². The molecule has 184 valence electrons. The van der Waals surface area contributed by atoms with Crippen LogP contribution >= 0.6 is 34.7 Å². The van der Waals surface area contributed by atoms with Crippen molar-refractivity contribution in [3.05, 3.63) is 102 Å². The van der Waals surface area contributed by atoms with Gasteiger partial charge in [-0.3, -0.25) is 4.90 Å². The maximum Gasteiger partial charge on any atom is 0.117 e. The van der Waals surface area contributed by atoms with E-state index in [-0.39, 0.29) is 0 Å². The Bertz CT molecular complexity index is 1440. The van der Waals surface area contributed by atoms with Crippen molar-refractivity contribution in [1.29, 1.82) is 0 Å². The Morgan fingerprint density at radius 3 is 2.56 bits per heavy atom. The highest BCUT2D eigenvalue weighted by molar-refractivity contribution is 7.98. The Kier molecular flexibility index (Phi) is 7.67. The number of thiophene rings is 1. The SMILES string of the molecule is CSc1cccc(-c2ccc(-c3cc(CN(Cc4ccco4)C(C)C)nn3-c3ccccc3Cl)s2)c1. The molecule has 2 aromatic carbocycles. The minimum atomic E-state index is 0.334. The fraction of sp³-hybridized carbons (Fsp3) is 0.207. The van der Waals surface area contributed by atoms with Gasteiger partial charge >= 0.3 is 0 Å². The summed E-state index contributed by atoms with van der Waals surface area (Å²) in [5.74, 6) is 0.949. The molecule has 0 atom stereocenters. The van der Waals surface area contributed by atoms with Crippen molar-refractivity contribution in [2.24, 2.45) is 0 Å². The van der Waals surface area contributed by atoms with E-state index in [1.54, 1.807) is 29.4 Å². The normalized spacial score (nSPS) is 11.6. The van der Waals surface area contributed by atoms with E-state index in [4.69, 9.17) is 21.1 Å². The van der Waals surface area contributed by atoms with Crippen molar-refractivity contribution in [2.75, 3.05) is 6.26 Å². The van der Waals surface area contributed by atoms with Gasteiger partial charge in [-0.15, -0.1) is 23.1 Å². The summed E-state index contributed by atoms with van der Waals surface area (Å²) in [4.78, 5) is 6.00. The minimum Gasteiger partial charge on any atom is -0.468 e. The summed E-state index contributed by atoms with van der Waals surface area (Å²) in [6.45, 7) is 5.83. The second-order valence-electron chi connectivity index (χ2n) is 8.86. The Balaban J connectivity index is 1.53. The Morgan fingerprint density at radius 1 is 0.972 bits per heavy atom. The molecule has 0 aliphatic heterocycles. The first-order valence-corrected chi connectivity index (χ1v) is 14.3. The molecule has 0 radical (unpaired) electrons. The highest BCUT2D eigenvalue weighted by Crippen LogP contribution is 2.37. The summed E-state index contributed by atoms with van der Waals surface area (Å²) in [6.07, 6.45) is 3.83. The molecule has 0 N–H and O–H groups in total. The Labute approximate surface area is 225 Å². The fourth-order valence-electron chi connectivity index (χ4n) is 4.13. The highest BCUT2D eigenvalue weighted by Gasteiger charge is 2.19. The monoisotopic (exact) mass is 533 g/mol. The third-order valence-corrected chi connectivity index (χ3v) is 8.29. The third-order valence-electron chi connectivity index (χ3n) is 6.09. The summed E-state index contributed by atoms with van der Waals surface area (Å²) in [6, 6.07) is 27.4. The zero-order valence-electron chi connectivity index (χ0n) is 20.5. The molecule has 0 bridgehead atoms. The van der Waals surface area contributed by atoms with Crippen LogP contribution in [-0.4, -0.2) is 27.0 Å². The van der Waals surface area contributed by atoms with Crippen LogP contribution in [0.15, 0.2) is 94.4 Å². The van der Waals surface area contributed by atoms with Gasteiger partial charge in [0.05, 0.1) is 39.8 Å². The molecule has 3 heterocycles. The molecule has 0 amide bonds. The quantitative estimate of drug-likeness (QED) is 0.177. The zero-order valence-corrected chi connectivity index (χ0v) is 22.9. The van der Waals surface area contributed by atoms with Crippen LogP contribution in [-0.2, 0) is 13.1 Å². The number of furan rings is 1. The molecule has 0 saturated heterocycles. The number of hydrogen-bond acceptors (Lipinski definition) is 5. The van der Waals surface area contributed by atoms with Crippen molar-refractivity contribution in [2.45, 2.75) is 37.9 Å². The lowest BCUT2D eigenvalue weighted by Gasteiger charge is -2.24.